The molecule has 0 atom stereocenters. The summed E-state index contributed by atoms with van der Waals surface area (Å²) in [7, 11) is 3.62. The molecule has 0 amide bonds. The first kappa shape index (κ1) is 12.4. The van der Waals surface area contributed by atoms with Gasteiger partial charge in [-0.1, -0.05) is 0 Å². The molecular formula is C14H18N2O2. The maximum atomic E-state index is 5.79. The summed E-state index contributed by atoms with van der Waals surface area (Å²) in [6, 6.07) is 9.68. The Labute approximate surface area is 107 Å². The van der Waals surface area contributed by atoms with Crippen molar-refractivity contribution in [2.24, 2.45) is 0 Å². The lowest BCUT2D eigenvalue weighted by atomic mass is 10.2. The molecule has 2 rings (SSSR count). The fraction of sp³-hybridized carbons (Fsp3) is 0.286. The molecular weight excluding hydrogens is 228 g/mol. The predicted octanol–water partition coefficient (Wildman–Crippen LogP) is 2.82. The topological polar surface area (TPSA) is 51.6 Å². The van der Waals surface area contributed by atoms with Crippen LogP contribution >= 0.6 is 0 Å². The molecule has 1 heterocycles. The van der Waals surface area contributed by atoms with Gasteiger partial charge in [-0.25, -0.2) is 0 Å². The first-order chi connectivity index (χ1) is 8.60. The number of nitrogens with two attached hydrogens (primary N) is 1. The number of methoxy groups -OCH3 is 1. The van der Waals surface area contributed by atoms with E-state index in [0.717, 1.165) is 17.2 Å². The van der Waals surface area contributed by atoms with Gasteiger partial charge in [-0.15, -0.1) is 0 Å². The van der Waals surface area contributed by atoms with Gasteiger partial charge in [0, 0.05) is 18.8 Å². The van der Waals surface area contributed by atoms with Crippen LogP contribution in [0.1, 0.15) is 11.5 Å². The second-order valence-corrected chi connectivity index (χ2v) is 4.29. The van der Waals surface area contributed by atoms with E-state index in [9.17, 15) is 0 Å². The van der Waals surface area contributed by atoms with E-state index in [2.05, 4.69) is 4.90 Å². The maximum Gasteiger partial charge on any atom is 0.143 e. The minimum absolute atomic E-state index is 0.642. The van der Waals surface area contributed by atoms with Crippen molar-refractivity contribution in [2.45, 2.75) is 13.5 Å². The molecule has 1 aromatic heterocycles. The lowest BCUT2D eigenvalue weighted by molar-refractivity contribution is 0.417. The zero-order valence-corrected chi connectivity index (χ0v) is 10.9. The Morgan fingerprint density at radius 1 is 1.28 bits per heavy atom. The van der Waals surface area contributed by atoms with Gasteiger partial charge in [0.25, 0.3) is 0 Å². The van der Waals surface area contributed by atoms with E-state index in [1.165, 1.54) is 0 Å². The number of ether oxygens (including phenoxy) is 1. The van der Waals surface area contributed by atoms with E-state index in [1.807, 2.05) is 44.3 Å². The van der Waals surface area contributed by atoms with Gasteiger partial charge in [-0.3, -0.25) is 0 Å². The summed E-state index contributed by atoms with van der Waals surface area (Å²) in [6.45, 7) is 2.65. The highest BCUT2D eigenvalue weighted by molar-refractivity contribution is 5.62. The Kier molecular flexibility index (Phi) is 3.46. The smallest absolute Gasteiger partial charge is 0.143 e. The first-order valence-electron chi connectivity index (χ1n) is 5.80. The van der Waals surface area contributed by atoms with Crippen LogP contribution in [0, 0.1) is 6.92 Å². The molecule has 18 heavy (non-hydrogen) atoms. The average molecular weight is 246 g/mol. The van der Waals surface area contributed by atoms with Crippen LogP contribution in [0.5, 0.6) is 5.75 Å². The molecule has 0 radical (unpaired) electrons. The summed E-state index contributed by atoms with van der Waals surface area (Å²) in [5.41, 5.74) is 7.47. The van der Waals surface area contributed by atoms with Crippen LogP contribution in [-0.4, -0.2) is 14.2 Å². The van der Waals surface area contributed by atoms with Gasteiger partial charge in [0.1, 0.15) is 17.3 Å². The number of nitrogens with zero attached hydrogens (tertiary/aromatic N) is 1. The molecule has 2 aromatic rings. The lowest BCUT2D eigenvalue weighted by Gasteiger charge is -2.19. The molecule has 1 aromatic carbocycles. The third kappa shape index (κ3) is 2.59. The van der Waals surface area contributed by atoms with Crippen LogP contribution in [-0.2, 0) is 6.54 Å². The molecule has 0 aliphatic heterocycles. The van der Waals surface area contributed by atoms with Crippen molar-refractivity contribution in [2.75, 3.05) is 24.8 Å². The van der Waals surface area contributed by atoms with Gasteiger partial charge in [0.2, 0.25) is 0 Å². The summed E-state index contributed by atoms with van der Waals surface area (Å²) in [6.07, 6.45) is 0. The van der Waals surface area contributed by atoms with E-state index in [0.29, 0.717) is 18.0 Å². The Morgan fingerprint density at radius 3 is 2.67 bits per heavy atom. The normalized spacial score (nSPS) is 10.4. The van der Waals surface area contributed by atoms with Crippen LogP contribution in [0.2, 0.25) is 0 Å². The zero-order valence-electron chi connectivity index (χ0n) is 10.9. The summed E-state index contributed by atoms with van der Waals surface area (Å²) in [5.74, 6) is 2.55. The molecule has 2 N–H and O–H groups in total. The van der Waals surface area contributed by atoms with Crippen molar-refractivity contribution in [3.63, 3.8) is 0 Å². The van der Waals surface area contributed by atoms with Gasteiger partial charge >= 0.3 is 0 Å². The average Bonchev–Trinajstić information content (AvgIpc) is 2.75. The fourth-order valence-electron chi connectivity index (χ4n) is 1.83. The minimum atomic E-state index is 0.642. The number of nitrogen functional groups attached to an aromatic ring is 1. The van der Waals surface area contributed by atoms with Gasteiger partial charge < -0.3 is 19.8 Å². The second kappa shape index (κ2) is 5.04. The Balaban J connectivity index is 2.15. The standard InChI is InChI=1S/C14H18N2O2/c1-10-4-6-12(18-10)9-16(2)11-5-7-13(15)14(8-11)17-3/h4-8H,9,15H2,1-3H3. The number of hydrogen-bond donors (Lipinski definition) is 1. The largest absolute Gasteiger partial charge is 0.495 e. The van der Waals surface area contributed by atoms with Crippen LogP contribution in [0.4, 0.5) is 11.4 Å². The van der Waals surface area contributed by atoms with Gasteiger partial charge in [-0.2, -0.15) is 0 Å². The Morgan fingerprint density at radius 2 is 2.06 bits per heavy atom. The molecule has 0 saturated carbocycles. The van der Waals surface area contributed by atoms with Crippen molar-refractivity contribution in [3.8, 4) is 5.75 Å². The molecule has 0 unspecified atom stereocenters. The van der Waals surface area contributed by atoms with E-state index in [1.54, 1.807) is 7.11 Å². The van der Waals surface area contributed by atoms with Crippen molar-refractivity contribution < 1.29 is 9.15 Å². The van der Waals surface area contributed by atoms with Crippen molar-refractivity contribution >= 4 is 11.4 Å². The number of aryl methyl sites for hydroxylation is 1. The Bertz CT molecular complexity index is 534. The van der Waals surface area contributed by atoms with Crippen LogP contribution < -0.4 is 15.4 Å². The highest BCUT2D eigenvalue weighted by Gasteiger charge is 2.07. The van der Waals surface area contributed by atoms with Crippen LogP contribution in [0.15, 0.2) is 34.7 Å². The first-order valence-corrected chi connectivity index (χ1v) is 5.80. The van der Waals surface area contributed by atoms with E-state index < -0.39 is 0 Å². The summed E-state index contributed by atoms with van der Waals surface area (Å²) in [5, 5.41) is 0. The van der Waals surface area contributed by atoms with Crippen molar-refractivity contribution in [1.82, 2.24) is 0 Å². The fourth-order valence-corrected chi connectivity index (χ4v) is 1.83. The number of hydrogen-bond acceptors (Lipinski definition) is 4. The highest BCUT2D eigenvalue weighted by Crippen LogP contribution is 2.27. The zero-order chi connectivity index (χ0) is 13.1. The molecule has 0 bridgehead atoms. The van der Waals surface area contributed by atoms with Gasteiger partial charge in [0.05, 0.1) is 19.3 Å². The van der Waals surface area contributed by atoms with Crippen molar-refractivity contribution in [1.29, 1.82) is 0 Å². The summed E-state index contributed by atoms with van der Waals surface area (Å²) >= 11 is 0. The molecule has 0 spiro atoms. The molecule has 0 fully saturated rings. The van der Waals surface area contributed by atoms with Crippen LogP contribution in [0.3, 0.4) is 0 Å². The minimum Gasteiger partial charge on any atom is -0.495 e. The quantitative estimate of drug-likeness (QED) is 0.843. The SMILES string of the molecule is COc1cc(N(C)Cc2ccc(C)o2)ccc1N. The monoisotopic (exact) mass is 246 g/mol. The molecule has 0 saturated heterocycles. The third-order valence-corrected chi connectivity index (χ3v) is 2.85. The molecule has 96 valence electrons. The number of anilines is 2. The number of furan rings is 1. The predicted molar refractivity (Wildman–Crippen MR) is 73.0 cm³/mol. The van der Waals surface area contributed by atoms with Gasteiger partial charge in [0.15, 0.2) is 0 Å². The van der Waals surface area contributed by atoms with Crippen LogP contribution in [0.25, 0.3) is 0 Å². The third-order valence-electron chi connectivity index (χ3n) is 2.85. The molecule has 4 heteroatoms. The molecule has 4 nitrogen and oxygen atoms in total. The van der Waals surface area contributed by atoms with E-state index in [4.69, 9.17) is 14.9 Å². The maximum absolute atomic E-state index is 5.79. The number of rotatable bonds is 4. The molecule has 0 aliphatic carbocycles. The van der Waals surface area contributed by atoms with E-state index >= 15 is 0 Å². The summed E-state index contributed by atoms with van der Waals surface area (Å²) < 4.78 is 10.8. The van der Waals surface area contributed by atoms with Crippen molar-refractivity contribution in [3.05, 3.63) is 41.9 Å². The van der Waals surface area contributed by atoms with Gasteiger partial charge in [-0.05, 0) is 31.2 Å². The Hall–Kier alpha value is -2.10. The second-order valence-electron chi connectivity index (χ2n) is 4.29. The summed E-state index contributed by atoms with van der Waals surface area (Å²) in [4.78, 5) is 2.08. The molecule has 0 aliphatic rings. The van der Waals surface area contributed by atoms with E-state index in [-0.39, 0.29) is 0 Å². The lowest BCUT2D eigenvalue weighted by Crippen LogP contribution is -2.16. The highest BCUT2D eigenvalue weighted by atomic mass is 16.5. The number of benzene rings is 1.